The first-order valence-corrected chi connectivity index (χ1v) is 7.78. The first-order valence-electron chi connectivity index (χ1n) is 7.78. The van der Waals surface area contributed by atoms with Crippen LogP contribution in [-0.4, -0.2) is 16.7 Å². The molecule has 3 aromatic carbocycles. The topological polar surface area (TPSA) is 37.4 Å². The van der Waals surface area contributed by atoms with E-state index >= 15 is 0 Å². The van der Waals surface area contributed by atoms with Crippen LogP contribution in [0.15, 0.2) is 67.2 Å². The minimum Gasteiger partial charge on any atom is -0.270 e. The first kappa shape index (κ1) is 14.4. The van der Waals surface area contributed by atoms with Crippen molar-refractivity contribution in [3.05, 3.63) is 89.5 Å². The summed E-state index contributed by atoms with van der Waals surface area (Å²) >= 11 is 0. The van der Waals surface area contributed by atoms with Crippen molar-refractivity contribution in [2.75, 3.05) is 0 Å². The fourth-order valence-electron chi connectivity index (χ4n) is 3.06. The lowest BCUT2D eigenvalue weighted by Gasteiger charge is -2.13. The molecule has 24 heavy (non-hydrogen) atoms. The zero-order chi connectivity index (χ0) is 16.7. The third-order valence-electron chi connectivity index (χ3n) is 4.39. The summed E-state index contributed by atoms with van der Waals surface area (Å²) < 4.78 is 0. The van der Waals surface area contributed by atoms with Gasteiger partial charge in [0.25, 0.3) is 11.8 Å². The van der Waals surface area contributed by atoms with E-state index in [1.165, 1.54) is 4.90 Å². The molecule has 1 heterocycles. The zero-order valence-electron chi connectivity index (χ0n) is 13.0. The average Bonchev–Trinajstić information content (AvgIpc) is 2.85. The second-order valence-electron chi connectivity index (χ2n) is 5.89. The Labute approximate surface area is 139 Å². The molecule has 3 heteroatoms. The molecule has 0 fully saturated rings. The number of amides is 2. The van der Waals surface area contributed by atoms with Crippen molar-refractivity contribution in [3.8, 4) is 0 Å². The van der Waals surface area contributed by atoms with Gasteiger partial charge in [0.15, 0.2) is 0 Å². The van der Waals surface area contributed by atoms with Crippen LogP contribution in [0.2, 0.25) is 0 Å². The molecule has 3 aromatic rings. The van der Waals surface area contributed by atoms with E-state index in [0.717, 1.165) is 21.9 Å². The average molecular weight is 313 g/mol. The molecule has 0 aliphatic carbocycles. The lowest BCUT2D eigenvalue weighted by atomic mass is 10.0. The highest BCUT2D eigenvalue weighted by molar-refractivity contribution is 6.23. The normalized spacial score (nSPS) is 13.4. The van der Waals surface area contributed by atoms with Crippen LogP contribution in [-0.2, 0) is 6.54 Å². The highest BCUT2D eigenvalue weighted by Crippen LogP contribution is 2.29. The Morgan fingerprint density at radius 2 is 1.38 bits per heavy atom. The number of benzene rings is 3. The molecule has 1 aliphatic heterocycles. The van der Waals surface area contributed by atoms with Gasteiger partial charge in [-0.25, -0.2) is 0 Å². The van der Waals surface area contributed by atoms with Crippen molar-refractivity contribution < 1.29 is 9.59 Å². The maximum Gasteiger partial charge on any atom is 0.261 e. The van der Waals surface area contributed by atoms with Crippen LogP contribution in [0.5, 0.6) is 0 Å². The monoisotopic (exact) mass is 313 g/mol. The van der Waals surface area contributed by atoms with Gasteiger partial charge in [-0.05, 0) is 34.0 Å². The van der Waals surface area contributed by atoms with E-state index in [1.807, 2.05) is 60.7 Å². The van der Waals surface area contributed by atoms with Crippen LogP contribution in [0.4, 0.5) is 0 Å². The van der Waals surface area contributed by atoms with E-state index in [0.29, 0.717) is 11.1 Å². The van der Waals surface area contributed by atoms with Crippen molar-refractivity contribution in [2.24, 2.45) is 0 Å². The summed E-state index contributed by atoms with van der Waals surface area (Å²) in [6.45, 7) is 4.00. The van der Waals surface area contributed by atoms with Crippen LogP contribution in [0.1, 0.15) is 31.8 Å². The predicted octanol–water partition coefficient (Wildman–Crippen LogP) is 4.28. The third kappa shape index (κ3) is 2.22. The van der Waals surface area contributed by atoms with Gasteiger partial charge < -0.3 is 0 Å². The van der Waals surface area contributed by atoms with Crippen molar-refractivity contribution in [1.82, 2.24) is 4.90 Å². The first-order chi connectivity index (χ1) is 11.7. The molecule has 3 nitrogen and oxygen atoms in total. The number of imide groups is 1. The van der Waals surface area contributed by atoms with Crippen LogP contribution in [0, 0.1) is 0 Å². The van der Waals surface area contributed by atoms with Gasteiger partial charge in [0.2, 0.25) is 0 Å². The Kier molecular flexibility index (Phi) is 3.28. The Hall–Kier alpha value is -3.20. The molecule has 0 aromatic heterocycles. The molecule has 0 unspecified atom stereocenters. The maximum absolute atomic E-state index is 12.7. The summed E-state index contributed by atoms with van der Waals surface area (Å²) in [5.41, 5.74) is 2.90. The lowest BCUT2D eigenvalue weighted by molar-refractivity contribution is 0.0642. The SMILES string of the molecule is C=Cc1ccc(CN2C(=O)c3cc4ccccc4cc3C2=O)cc1. The molecule has 4 rings (SSSR count). The van der Waals surface area contributed by atoms with E-state index in [9.17, 15) is 9.59 Å². The molecule has 0 bridgehead atoms. The summed E-state index contributed by atoms with van der Waals surface area (Å²) in [6.07, 6.45) is 1.76. The highest BCUT2D eigenvalue weighted by Gasteiger charge is 2.35. The summed E-state index contributed by atoms with van der Waals surface area (Å²) in [7, 11) is 0. The van der Waals surface area contributed by atoms with E-state index in [4.69, 9.17) is 0 Å². The molecular weight excluding hydrogens is 298 g/mol. The molecule has 1 aliphatic rings. The Balaban J connectivity index is 1.70. The van der Waals surface area contributed by atoms with Gasteiger partial charge in [-0.15, -0.1) is 0 Å². The van der Waals surface area contributed by atoms with Gasteiger partial charge in [-0.3, -0.25) is 14.5 Å². The Morgan fingerprint density at radius 3 is 1.88 bits per heavy atom. The van der Waals surface area contributed by atoms with E-state index in [1.54, 1.807) is 6.08 Å². The molecule has 0 N–H and O–H groups in total. The van der Waals surface area contributed by atoms with Crippen LogP contribution >= 0.6 is 0 Å². The van der Waals surface area contributed by atoms with Crippen molar-refractivity contribution in [1.29, 1.82) is 0 Å². The van der Waals surface area contributed by atoms with Gasteiger partial charge in [-0.1, -0.05) is 61.2 Å². The van der Waals surface area contributed by atoms with Crippen LogP contribution in [0.25, 0.3) is 16.8 Å². The van der Waals surface area contributed by atoms with E-state index in [2.05, 4.69) is 6.58 Å². The number of rotatable bonds is 3. The molecule has 116 valence electrons. The fraction of sp³-hybridized carbons (Fsp3) is 0.0476. The summed E-state index contributed by atoms with van der Waals surface area (Å²) in [6, 6.07) is 19.0. The molecule has 0 saturated carbocycles. The number of nitrogens with zero attached hydrogens (tertiary/aromatic N) is 1. The maximum atomic E-state index is 12.7. The standard InChI is InChI=1S/C21H15NO2/c1-2-14-7-9-15(10-8-14)13-22-20(23)18-11-16-5-3-4-6-17(16)12-19(18)21(22)24/h2-12H,1,13H2. The van der Waals surface area contributed by atoms with Gasteiger partial charge in [0, 0.05) is 0 Å². The van der Waals surface area contributed by atoms with Crippen LogP contribution in [0.3, 0.4) is 0 Å². The second-order valence-corrected chi connectivity index (χ2v) is 5.89. The molecule has 0 saturated heterocycles. The lowest BCUT2D eigenvalue weighted by Crippen LogP contribution is -2.29. The number of fused-ring (bicyclic) bond motifs is 2. The molecule has 2 amide bonds. The quantitative estimate of drug-likeness (QED) is 0.677. The summed E-state index contributed by atoms with van der Waals surface area (Å²) in [5.74, 6) is -0.456. The fourth-order valence-corrected chi connectivity index (χ4v) is 3.06. The van der Waals surface area contributed by atoms with Gasteiger partial charge in [0.1, 0.15) is 0 Å². The number of hydrogen-bond acceptors (Lipinski definition) is 2. The summed E-state index contributed by atoms with van der Waals surface area (Å²) in [4.78, 5) is 26.6. The van der Waals surface area contributed by atoms with Crippen LogP contribution < -0.4 is 0 Å². The third-order valence-corrected chi connectivity index (χ3v) is 4.39. The largest absolute Gasteiger partial charge is 0.270 e. The Morgan fingerprint density at radius 1 is 0.833 bits per heavy atom. The molecular formula is C21H15NO2. The molecule has 0 spiro atoms. The second kappa shape index (κ2) is 5.46. The highest BCUT2D eigenvalue weighted by atomic mass is 16.2. The smallest absolute Gasteiger partial charge is 0.261 e. The van der Waals surface area contributed by atoms with Crippen molar-refractivity contribution in [2.45, 2.75) is 6.54 Å². The predicted molar refractivity (Wildman–Crippen MR) is 94.7 cm³/mol. The number of carbonyl (C=O) groups excluding carboxylic acids is 2. The number of carbonyl (C=O) groups is 2. The Bertz CT molecular complexity index is 932. The number of hydrogen-bond donors (Lipinski definition) is 0. The summed E-state index contributed by atoms with van der Waals surface area (Å²) in [5, 5.41) is 1.93. The minimum absolute atomic E-state index is 0.228. The molecule has 0 atom stereocenters. The molecule has 0 radical (unpaired) electrons. The minimum atomic E-state index is -0.228. The van der Waals surface area contributed by atoms with E-state index < -0.39 is 0 Å². The van der Waals surface area contributed by atoms with Gasteiger partial charge >= 0.3 is 0 Å². The zero-order valence-corrected chi connectivity index (χ0v) is 13.0. The van der Waals surface area contributed by atoms with Crippen molar-refractivity contribution >= 4 is 28.7 Å². The van der Waals surface area contributed by atoms with Gasteiger partial charge in [0.05, 0.1) is 17.7 Å². The van der Waals surface area contributed by atoms with Gasteiger partial charge in [-0.2, -0.15) is 0 Å². The van der Waals surface area contributed by atoms with E-state index in [-0.39, 0.29) is 18.4 Å². The van der Waals surface area contributed by atoms with Crippen molar-refractivity contribution in [3.63, 3.8) is 0 Å².